The molecule has 36 heavy (non-hydrogen) atoms. The van der Waals surface area contributed by atoms with Crippen LogP contribution in [-0.2, 0) is 16.1 Å². The summed E-state index contributed by atoms with van der Waals surface area (Å²) in [7, 11) is 0. The first-order chi connectivity index (χ1) is 17.4. The molecular formula is C29H22ClN3O3. The van der Waals surface area contributed by atoms with E-state index in [9.17, 15) is 14.4 Å². The minimum Gasteiger partial charge on any atom is -0.349 e. The maximum Gasteiger partial charge on any atom is 0.279 e. The van der Waals surface area contributed by atoms with Crippen molar-refractivity contribution in [3.05, 3.63) is 118 Å². The van der Waals surface area contributed by atoms with E-state index in [-0.39, 0.29) is 23.2 Å². The van der Waals surface area contributed by atoms with Crippen molar-refractivity contribution < 1.29 is 14.4 Å². The minimum atomic E-state index is -0.560. The van der Waals surface area contributed by atoms with Crippen LogP contribution in [-0.4, -0.2) is 22.6 Å². The zero-order valence-electron chi connectivity index (χ0n) is 19.4. The van der Waals surface area contributed by atoms with Crippen molar-refractivity contribution in [3.8, 4) is 0 Å². The van der Waals surface area contributed by atoms with Crippen LogP contribution < -0.4 is 10.6 Å². The first-order valence-electron chi connectivity index (χ1n) is 11.4. The molecule has 0 atom stereocenters. The van der Waals surface area contributed by atoms with Crippen molar-refractivity contribution in [3.63, 3.8) is 0 Å². The summed E-state index contributed by atoms with van der Waals surface area (Å²) in [5.74, 6) is -1.37. The van der Waals surface area contributed by atoms with Gasteiger partial charge >= 0.3 is 0 Å². The third-order valence-electron chi connectivity index (χ3n) is 6.09. The molecule has 0 aliphatic carbocycles. The molecule has 5 rings (SSSR count). The van der Waals surface area contributed by atoms with Crippen molar-refractivity contribution in [2.45, 2.75) is 13.5 Å². The molecule has 0 fully saturated rings. The van der Waals surface area contributed by atoms with Crippen LogP contribution in [0.25, 0.3) is 10.8 Å². The summed E-state index contributed by atoms with van der Waals surface area (Å²) < 4.78 is 0. The first kappa shape index (κ1) is 23.3. The lowest BCUT2D eigenvalue weighted by Gasteiger charge is -2.16. The number of amides is 3. The highest BCUT2D eigenvalue weighted by Crippen LogP contribution is 2.29. The Morgan fingerprint density at radius 2 is 1.56 bits per heavy atom. The van der Waals surface area contributed by atoms with E-state index >= 15 is 0 Å². The van der Waals surface area contributed by atoms with E-state index in [2.05, 4.69) is 10.6 Å². The van der Waals surface area contributed by atoms with Crippen molar-refractivity contribution in [1.82, 2.24) is 4.90 Å². The Bertz CT molecular complexity index is 1540. The standard InChI is InChI=1S/C29H22ClN3O3/c1-18-14-15-21(27(34)32-23-13-7-11-20-10-5-6-12-22(20)23)16-24(18)31-26-25(30)28(35)33(29(26)36)17-19-8-3-2-4-9-19/h2-16,31H,17H2,1H3,(H,32,34). The number of fused-ring (bicyclic) bond motifs is 1. The summed E-state index contributed by atoms with van der Waals surface area (Å²) in [6.45, 7) is 1.96. The zero-order chi connectivity index (χ0) is 25.2. The van der Waals surface area contributed by atoms with Gasteiger partial charge < -0.3 is 10.6 Å². The van der Waals surface area contributed by atoms with Crippen molar-refractivity contribution >= 4 is 51.5 Å². The summed E-state index contributed by atoms with van der Waals surface area (Å²) in [5, 5.41) is 7.74. The maximum absolute atomic E-state index is 13.1. The van der Waals surface area contributed by atoms with Gasteiger partial charge in [0.05, 0.1) is 6.54 Å². The van der Waals surface area contributed by atoms with Gasteiger partial charge in [-0.25, -0.2) is 0 Å². The van der Waals surface area contributed by atoms with E-state index in [4.69, 9.17) is 11.6 Å². The highest BCUT2D eigenvalue weighted by molar-refractivity contribution is 6.48. The fourth-order valence-corrected chi connectivity index (χ4v) is 4.36. The lowest BCUT2D eigenvalue weighted by molar-refractivity contribution is -0.138. The Labute approximate surface area is 213 Å². The van der Waals surface area contributed by atoms with Crippen LogP contribution >= 0.6 is 11.6 Å². The number of halogens is 1. The summed E-state index contributed by atoms with van der Waals surface area (Å²) in [6, 6.07) is 27.9. The Morgan fingerprint density at radius 1 is 0.833 bits per heavy atom. The van der Waals surface area contributed by atoms with E-state index in [0.29, 0.717) is 16.9 Å². The zero-order valence-corrected chi connectivity index (χ0v) is 20.2. The molecular weight excluding hydrogens is 474 g/mol. The van der Waals surface area contributed by atoms with Crippen LogP contribution in [0.15, 0.2) is 102 Å². The van der Waals surface area contributed by atoms with Crippen LogP contribution in [0.4, 0.5) is 11.4 Å². The molecule has 4 aromatic carbocycles. The molecule has 0 bridgehead atoms. The van der Waals surface area contributed by atoms with Gasteiger partial charge in [-0.05, 0) is 41.6 Å². The van der Waals surface area contributed by atoms with Gasteiger partial charge in [-0.2, -0.15) is 0 Å². The Balaban J connectivity index is 1.37. The Morgan fingerprint density at radius 3 is 2.36 bits per heavy atom. The lowest BCUT2D eigenvalue weighted by Crippen LogP contribution is -2.31. The van der Waals surface area contributed by atoms with Gasteiger partial charge in [0.1, 0.15) is 10.7 Å². The fraction of sp³-hybridized carbons (Fsp3) is 0.0690. The van der Waals surface area contributed by atoms with E-state index < -0.39 is 11.8 Å². The van der Waals surface area contributed by atoms with Gasteiger partial charge in [-0.1, -0.05) is 84.4 Å². The van der Waals surface area contributed by atoms with Gasteiger partial charge in [0.25, 0.3) is 17.7 Å². The second kappa shape index (κ2) is 9.68. The second-order valence-corrected chi connectivity index (χ2v) is 8.88. The molecule has 0 radical (unpaired) electrons. The molecule has 1 heterocycles. The number of hydrogen-bond acceptors (Lipinski definition) is 4. The van der Waals surface area contributed by atoms with Crippen LogP contribution in [0.2, 0.25) is 0 Å². The SMILES string of the molecule is Cc1ccc(C(=O)Nc2cccc3ccccc23)cc1NC1=C(Cl)C(=O)N(Cc2ccccc2)C1=O. The second-order valence-electron chi connectivity index (χ2n) is 8.51. The molecule has 6 nitrogen and oxygen atoms in total. The molecule has 1 aliphatic rings. The number of aryl methyl sites for hydroxylation is 1. The van der Waals surface area contributed by atoms with Crippen LogP contribution in [0, 0.1) is 6.92 Å². The molecule has 0 aromatic heterocycles. The van der Waals surface area contributed by atoms with Crippen LogP contribution in [0.1, 0.15) is 21.5 Å². The molecule has 7 heteroatoms. The smallest absolute Gasteiger partial charge is 0.279 e. The normalized spacial score (nSPS) is 13.4. The van der Waals surface area contributed by atoms with Crippen molar-refractivity contribution in [2.24, 2.45) is 0 Å². The summed E-state index contributed by atoms with van der Waals surface area (Å²) in [6.07, 6.45) is 0. The molecule has 0 spiro atoms. The quantitative estimate of drug-likeness (QED) is 0.330. The third-order valence-corrected chi connectivity index (χ3v) is 6.44. The average Bonchev–Trinajstić information content (AvgIpc) is 3.09. The lowest BCUT2D eigenvalue weighted by atomic mass is 10.1. The highest BCUT2D eigenvalue weighted by Gasteiger charge is 2.38. The predicted molar refractivity (Wildman–Crippen MR) is 142 cm³/mol. The highest BCUT2D eigenvalue weighted by atomic mass is 35.5. The number of hydrogen-bond donors (Lipinski definition) is 2. The number of anilines is 2. The average molecular weight is 496 g/mol. The van der Waals surface area contributed by atoms with E-state index in [1.54, 1.807) is 18.2 Å². The van der Waals surface area contributed by atoms with E-state index in [0.717, 1.165) is 26.8 Å². The molecule has 0 saturated heterocycles. The van der Waals surface area contributed by atoms with Gasteiger partial charge in [0, 0.05) is 22.3 Å². The number of carbonyl (C=O) groups is 3. The number of imide groups is 1. The number of nitrogens with one attached hydrogen (secondary N) is 2. The molecule has 0 unspecified atom stereocenters. The number of benzene rings is 4. The number of carbonyl (C=O) groups excluding carboxylic acids is 3. The predicted octanol–water partition coefficient (Wildman–Crippen LogP) is 5.83. The van der Waals surface area contributed by atoms with Gasteiger partial charge in [-0.15, -0.1) is 0 Å². The topological polar surface area (TPSA) is 78.5 Å². The molecule has 4 aromatic rings. The third kappa shape index (κ3) is 4.46. The molecule has 2 N–H and O–H groups in total. The molecule has 178 valence electrons. The van der Waals surface area contributed by atoms with Crippen LogP contribution in [0.3, 0.4) is 0 Å². The summed E-state index contributed by atoms with van der Waals surface area (Å²) in [5.41, 5.74) is 3.20. The number of nitrogens with zero attached hydrogens (tertiary/aromatic N) is 1. The first-order valence-corrected chi connectivity index (χ1v) is 11.8. The monoisotopic (exact) mass is 495 g/mol. The Kier molecular flexibility index (Phi) is 6.27. The summed E-state index contributed by atoms with van der Waals surface area (Å²) in [4.78, 5) is 39.9. The number of rotatable bonds is 6. The molecule has 1 aliphatic heterocycles. The fourth-order valence-electron chi connectivity index (χ4n) is 4.13. The van der Waals surface area contributed by atoms with Gasteiger partial charge in [-0.3, -0.25) is 19.3 Å². The van der Waals surface area contributed by atoms with Crippen LogP contribution in [0.5, 0.6) is 0 Å². The summed E-state index contributed by atoms with van der Waals surface area (Å²) >= 11 is 6.28. The van der Waals surface area contributed by atoms with Gasteiger partial charge in [0.15, 0.2) is 0 Å². The minimum absolute atomic E-state index is 0.00712. The Hall–Kier alpha value is -4.42. The maximum atomic E-state index is 13.1. The van der Waals surface area contributed by atoms with Crippen molar-refractivity contribution in [2.75, 3.05) is 10.6 Å². The van der Waals surface area contributed by atoms with Gasteiger partial charge in [0.2, 0.25) is 0 Å². The van der Waals surface area contributed by atoms with E-state index in [1.807, 2.05) is 79.7 Å². The largest absolute Gasteiger partial charge is 0.349 e. The molecule has 3 amide bonds. The van der Waals surface area contributed by atoms with E-state index in [1.165, 1.54) is 0 Å². The van der Waals surface area contributed by atoms with Crippen molar-refractivity contribution in [1.29, 1.82) is 0 Å². The molecule has 0 saturated carbocycles.